The molecular weight excluding hydrogens is 540 g/mol. The number of benzene rings is 1. The molecule has 10 heteroatoms. The standard InChI is InChI=1S/C31H42N4O5S/c1-41(38,39)26-12-10-24(11-13-26)23-35-22-17-31(29(35)36)15-20-34(21-16-31)19-14-28(27-9-5-6-18-32-27)33-30(37)40-25-7-3-2-4-8-25/h5-6,9-13,18,25,28H,2-4,7-8,14-17,19-23H2,1H3,(H,33,37). The van der Waals surface area contributed by atoms with E-state index in [0.29, 0.717) is 17.9 Å². The molecule has 1 unspecified atom stereocenters. The molecule has 1 aromatic carbocycles. The Labute approximate surface area is 243 Å². The molecular formula is C31H42N4O5S. The number of ether oxygens (including phenoxy) is 1. The second kappa shape index (κ2) is 12.9. The molecule has 3 heterocycles. The van der Waals surface area contributed by atoms with Gasteiger partial charge in [-0.15, -0.1) is 0 Å². The zero-order valence-corrected chi connectivity index (χ0v) is 24.8. The van der Waals surface area contributed by atoms with Crippen molar-refractivity contribution in [2.75, 3.05) is 32.4 Å². The van der Waals surface area contributed by atoms with Crippen molar-refractivity contribution in [1.29, 1.82) is 0 Å². The maximum atomic E-state index is 13.5. The Morgan fingerprint density at radius 3 is 2.41 bits per heavy atom. The summed E-state index contributed by atoms with van der Waals surface area (Å²) in [6.07, 6.45) is 11.1. The van der Waals surface area contributed by atoms with Crippen LogP contribution in [0, 0.1) is 5.41 Å². The van der Waals surface area contributed by atoms with E-state index in [1.807, 2.05) is 23.1 Å². The van der Waals surface area contributed by atoms with Crippen molar-refractivity contribution >= 4 is 21.8 Å². The second-order valence-corrected chi connectivity index (χ2v) is 13.9. The molecule has 222 valence electrons. The Morgan fingerprint density at radius 2 is 1.76 bits per heavy atom. The Bertz CT molecular complexity index is 1290. The summed E-state index contributed by atoms with van der Waals surface area (Å²) >= 11 is 0. The van der Waals surface area contributed by atoms with Crippen molar-refractivity contribution < 1.29 is 22.7 Å². The SMILES string of the molecule is CS(=O)(=O)c1ccc(CN2CCC3(CCN(CCC(NC(=O)OC4CCCCC4)c4ccccn4)CC3)C2=O)cc1. The predicted octanol–water partition coefficient (Wildman–Crippen LogP) is 4.49. The van der Waals surface area contributed by atoms with Gasteiger partial charge in [-0.05, 0) is 94.3 Å². The normalized spacial score (nSPS) is 20.7. The highest BCUT2D eigenvalue weighted by Crippen LogP contribution is 2.42. The minimum Gasteiger partial charge on any atom is -0.446 e. The van der Waals surface area contributed by atoms with E-state index in [-0.39, 0.29) is 29.6 Å². The van der Waals surface area contributed by atoms with Gasteiger partial charge in [0.1, 0.15) is 6.10 Å². The number of rotatable bonds is 9. The molecule has 2 amide bonds. The van der Waals surface area contributed by atoms with Crippen molar-refractivity contribution in [2.45, 2.75) is 81.4 Å². The molecule has 1 aliphatic carbocycles. The number of alkyl carbamates (subject to hydrolysis) is 1. The summed E-state index contributed by atoms with van der Waals surface area (Å²) in [6, 6.07) is 12.3. The first-order chi connectivity index (χ1) is 19.7. The van der Waals surface area contributed by atoms with Crippen LogP contribution in [0.3, 0.4) is 0 Å². The van der Waals surface area contributed by atoms with Gasteiger partial charge in [-0.2, -0.15) is 0 Å². The summed E-state index contributed by atoms with van der Waals surface area (Å²) in [4.78, 5) is 35.3. The molecule has 1 atom stereocenters. The number of piperidine rings is 1. The maximum Gasteiger partial charge on any atom is 0.407 e. The quantitative estimate of drug-likeness (QED) is 0.464. The summed E-state index contributed by atoms with van der Waals surface area (Å²) in [7, 11) is -3.24. The van der Waals surface area contributed by atoms with Crippen LogP contribution in [0.2, 0.25) is 0 Å². The Balaban J connectivity index is 1.12. The number of carbonyl (C=O) groups excluding carboxylic acids is 2. The molecule has 1 spiro atoms. The smallest absolute Gasteiger partial charge is 0.407 e. The van der Waals surface area contributed by atoms with Crippen LogP contribution in [-0.4, -0.2) is 73.7 Å². The minimum atomic E-state index is -3.24. The average Bonchev–Trinajstić information content (AvgIpc) is 3.26. The molecule has 2 aromatic rings. The van der Waals surface area contributed by atoms with Crippen molar-refractivity contribution in [3.8, 4) is 0 Å². The van der Waals surface area contributed by atoms with E-state index in [2.05, 4.69) is 15.2 Å². The summed E-state index contributed by atoms with van der Waals surface area (Å²) < 4.78 is 29.2. The van der Waals surface area contributed by atoms with E-state index in [1.54, 1.807) is 30.5 Å². The van der Waals surface area contributed by atoms with E-state index < -0.39 is 9.84 Å². The highest BCUT2D eigenvalue weighted by molar-refractivity contribution is 7.90. The third kappa shape index (κ3) is 7.46. The second-order valence-electron chi connectivity index (χ2n) is 11.9. The third-order valence-corrected chi connectivity index (χ3v) is 10.2. The van der Waals surface area contributed by atoms with Gasteiger partial charge in [0.2, 0.25) is 5.91 Å². The monoisotopic (exact) mass is 582 g/mol. The number of aromatic nitrogens is 1. The van der Waals surface area contributed by atoms with Gasteiger partial charge >= 0.3 is 6.09 Å². The van der Waals surface area contributed by atoms with Crippen LogP contribution < -0.4 is 5.32 Å². The van der Waals surface area contributed by atoms with Crippen molar-refractivity contribution in [1.82, 2.24) is 20.1 Å². The lowest BCUT2D eigenvalue weighted by Gasteiger charge is -2.38. The topological polar surface area (TPSA) is 109 Å². The average molecular weight is 583 g/mol. The minimum absolute atomic E-state index is 0.00165. The summed E-state index contributed by atoms with van der Waals surface area (Å²) in [5.41, 5.74) is 1.45. The van der Waals surface area contributed by atoms with E-state index in [4.69, 9.17) is 4.74 Å². The fourth-order valence-corrected chi connectivity index (χ4v) is 7.10. The van der Waals surface area contributed by atoms with Crippen LogP contribution >= 0.6 is 0 Å². The molecule has 2 aliphatic heterocycles. The fraction of sp³-hybridized carbons (Fsp3) is 0.581. The number of sulfone groups is 1. The van der Waals surface area contributed by atoms with Gasteiger partial charge in [-0.1, -0.05) is 24.6 Å². The van der Waals surface area contributed by atoms with Crippen LogP contribution in [-0.2, 0) is 25.9 Å². The Morgan fingerprint density at radius 1 is 1.05 bits per heavy atom. The lowest BCUT2D eigenvalue weighted by atomic mass is 9.77. The number of pyridine rings is 1. The highest BCUT2D eigenvalue weighted by atomic mass is 32.2. The number of nitrogens with zero attached hydrogens (tertiary/aromatic N) is 3. The van der Waals surface area contributed by atoms with Gasteiger partial charge in [0.15, 0.2) is 9.84 Å². The van der Waals surface area contributed by atoms with Crippen LogP contribution in [0.1, 0.15) is 75.1 Å². The molecule has 9 nitrogen and oxygen atoms in total. The number of hydrogen-bond acceptors (Lipinski definition) is 7. The Hall–Kier alpha value is -2.98. The molecule has 3 fully saturated rings. The highest BCUT2D eigenvalue weighted by Gasteiger charge is 2.47. The first kappa shape index (κ1) is 29.5. The lowest BCUT2D eigenvalue weighted by Crippen LogP contribution is -2.45. The molecule has 0 bridgehead atoms. The maximum absolute atomic E-state index is 13.5. The summed E-state index contributed by atoms with van der Waals surface area (Å²) in [6.45, 7) is 3.70. The van der Waals surface area contributed by atoms with Crippen LogP contribution in [0.5, 0.6) is 0 Å². The predicted molar refractivity (Wildman–Crippen MR) is 156 cm³/mol. The number of nitrogens with one attached hydrogen (secondary N) is 1. The summed E-state index contributed by atoms with van der Waals surface area (Å²) in [5.74, 6) is 0.211. The zero-order valence-electron chi connectivity index (χ0n) is 24.0. The number of amides is 2. The van der Waals surface area contributed by atoms with Gasteiger partial charge in [0, 0.05) is 32.1 Å². The van der Waals surface area contributed by atoms with Crippen LogP contribution in [0.4, 0.5) is 4.79 Å². The van der Waals surface area contributed by atoms with E-state index in [0.717, 1.165) is 82.4 Å². The number of likely N-dealkylation sites (tertiary alicyclic amines) is 2. The largest absolute Gasteiger partial charge is 0.446 e. The van der Waals surface area contributed by atoms with Crippen molar-refractivity contribution in [3.05, 3.63) is 59.9 Å². The fourth-order valence-electron chi connectivity index (χ4n) is 6.47. The third-order valence-electron chi connectivity index (χ3n) is 9.04. The van der Waals surface area contributed by atoms with Crippen LogP contribution in [0.25, 0.3) is 0 Å². The van der Waals surface area contributed by atoms with Crippen molar-refractivity contribution in [3.63, 3.8) is 0 Å². The van der Waals surface area contributed by atoms with Crippen molar-refractivity contribution in [2.24, 2.45) is 5.41 Å². The lowest BCUT2D eigenvalue weighted by molar-refractivity contribution is -0.138. The van der Waals surface area contributed by atoms with Crippen LogP contribution in [0.15, 0.2) is 53.6 Å². The molecule has 3 aliphatic rings. The first-order valence-electron chi connectivity index (χ1n) is 14.9. The van der Waals surface area contributed by atoms with E-state index in [9.17, 15) is 18.0 Å². The van der Waals surface area contributed by atoms with E-state index in [1.165, 1.54) is 12.7 Å². The molecule has 1 saturated carbocycles. The van der Waals surface area contributed by atoms with E-state index >= 15 is 0 Å². The summed E-state index contributed by atoms with van der Waals surface area (Å²) in [5, 5.41) is 3.07. The molecule has 1 N–H and O–H groups in total. The molecule has 5 rings (SSSR count). The van der Waals surface area contributed by atoms with Gasteiger partial charge in [0.05, 0.1) is 22.0 Å². The molecule has 2 saturated heterocycles. The first-order valence-corrected chi connectivity index (χ1v) is 16.8. The molecule has 1 aromatic heterocycles. The Kier molecular flexibility index (Phi) is 9.28. The van der Waals surface area contributed by atoms with Gasteiger partial charge in [-0.3, -0.25) is 9.78 Å². The van der Waals surface area contributed by atoms with Gasteiger partial charge < -0.3 is 19.9 Å². The molecule has 0 radical (unpaired) electrons. The molecule has 41 heavy (non-hydrogen) atoms. The van der Waals surface area contributed by atoms with Gasteiger partial charge in [0.25, 0.3) is 0 Å². The number of hydrogen-bond donors (Lipinski definition) is 1. The van der Waals surface area contributed by atoms with Gasteiger partial charge in [-0.25, -0.2) is 13.2 Å². The zero-order chi connectivity index (χ0) is 28.9. The number of carbonyl (C=O) groups is 2.